The second kappa shape index (κ2) is 5.98. The molecule has 4 heteroatoms. The molecule has 1 N–H and O–H groups in total. The maximum absolute atomic E-state index is 12.5. The first-order valence-corrected chi connectivity index (χ1v) is 7.29. The maximum atomic E-state index is 12.5. The lowest BCUT2D eigenvalue weighted by atomic mass is 9.85. The first-order chi connectivity index (χ1) is 9.82. The minimum Gasteiger partial charge on any atom is -0.468 e. The number of methoxy groups -OCH3 is 1. The average Bonchev–Trinajstić information content (AvgIpc) is 2.94. The van der Waals surface area contributed by atoms with Gasteiger partial charge in [0.15, 0.2) is 5.78 Å². The molecule has 0 bridgehead atoms. The van der Waals surface area contributed by atoms with Crippen LogP contribution in [0.25, 0.3) is 0 Å². The van der Waals surface area contributed by atoms with Gasteiger partial charge in [0, 0.05) is 18.0 Å². The molecule has 21 heavy (non-hydrogen) atoms. The number of ether oxygens (including phenoxy) is 1. The molecule has 0 aliphatic carbocycles. The van der Waals surface area contributed by atoms with Crippen LogP contribution in [-0.2, 0) is 14.9 Å². The topological polar surface area (TPSA) is 55.4 Å². The number of carbonyl (C=O) groups is 2. The van der Waals surface area contributed by atoms with Crippen LogP contribution in [0.2, 0.25) is 0 Å². The number of hydrogen-bond donors (Lipinski definition) is 1. The smallest absolute Gasteiger partial charge is 0.322 e. The van der Waals surface area contributed by atoms with Crippen molar-refractivity contribution in [3.05, 3.63) is 35.4 Å². The van der Waals surface area contributed by atoms with Crippen molar-refractivity contribution >= 4 is 11.8 Å². The molecule has 2 atom stereocenters. The molecular weight excluding hydrogens is 266 g/mol. The van der Waals surface area contributed by atoms with Crippen LogP contribution < -0.4 is 5.32 Å². The number of Topliss-reactive ketones (excluding diaryl/α,β-unsaturated/α-hetero) is 1. The van der Waals surface area contributed by atoms with Crippen molar-refractivity contribution in [3.8, 4) is 0 Å². The van der Waals surface area contributed by atoms with Gasteiger partial charge in [0.25, 0.3) is 0 Å². The third-order valence-electron chi connectivity index (χ3n) is 4.02. The molecule has 1 aliphatic heterocycles. The van der Waals surface area contributed by atoms with E-state index < -0.39 is 0 Å². The van der Waals surface area contributed by atoms with E-state index in [0.29, 0.717) is 18.5 Å². The summed E-state index contributed by atoms with van der Waals surface area (Å²) in [5.41, 5.74) is 1.99. The Bertz CT molecular complexity index is 528. The Balaban J connectivity index is 2.06. The highest BCUT2D eigenvalue weighted by Gasteiger charge is 2.34. The van der Waals surface area contributed by atoms with Gasteiger partial charge in [-0.3, -0.25) is 9.59 Å². The summed E-state index contributed by atoms with van der Waals surface area (Å²) < 4.78 is 4.71. The number of esters is 1. The SMILES string of the molecule is COC(=O)C1CC(C(=O)c2ccc(C(C)(C)C)cc2)CN1. The number of benzene rings is 1. The lowest BCUT2D eigenvalue weighted by Gasteiger charge is -2.19. The first-order valence-electron chi connectivity index (χ1n) is 7.29. The van der Waals surface area contributed by atoms with Gasteiger partial charge in [-0.05, 0) is 17.4 Å². The highest BCUT2D eigenvalue weighted by Crippen LogP contribution is 2.24. The van der Waals surface area contributed by atoms with Gasteiger partial charge in [-0.1, -0.05) is 45.0 Å². The summed E-state index contributed by atoms with van der Waals surface area (Å²) in [5.74, 6) is -0.364. The van der Waals surface area contributed by atoms with Gasteiger partial charge in [0.05, 0.1) is 7.11 Å². The molecule has 1 aromatic carbocycles. The Kier molecular flexibility index (Phi) is 4.47. The predicted octanol–water partition coefficient (Wildman–Crippen LogP) is 2.32. The zero-order valence-electron chi connectivity index (χ0n) is 13.1. The zero-order valence-corrected chi connectivity index (χ0v) is 13.1. The first kappa shape index (κ1) is 15.7. The van der Waals surface area contributed by atoms with Crippen LogP contribution in [0.4, 0.5) is 0 Å². The predicted molar refractivity (Wildman–Crippen MR) is 81.4 cm³/mol. The van der Waals surface area contributed by atoms with Crippen molar-refractivity contribution in [3.63, 3.8) is 0 Å². The molecule has 114 valence electrons. The lowest BCUT2D eigenvalue weighted by Crippen LogP contribution is -2.31. The van der Waals surface area contributed by atoms with Gasteiger partial charge in [0.1, 0.15) is 6.04 Å². The van der Waals surface area contributed by atoms with E-state index in [-0.39, 0.29) is 29.1 Å². The van der Waals surface area contributed by atoms with E-state index in [2.05, 4.69) is 26.1 Å². The molecule has 0 amide bonds. The summed E-state index contributed by atoms with van der Waals surface area (Å²) in [5, 5.41) is 3.05. The molecule has 0 aromatic heterocycles. The van der Waals surface area contributed by atoms with Crippen molar-refractivity contribution < 1.29 is 14.3 Å². The Morgan fingerprint density at radius 1 is 1.19 bits per heavy atom. The third kappa shape index (κ3) is 3.50. The lowest BCUT2D eigenvalue weighted by molar-refractivity contribution is -0.142. The van der Waals surface area contributed by atoms with Crippen LogP contribution in [0.15, 0.2) is 24.3 Å². The largest absolute Gasteiger partial charge is 0.468 e. The second-order valence-corrected chi connectivity index (χ2v) is 6.61. The Hall–Kier alpha value is -1.68. The number of ketones is 1. The average molecular weight is 289 g/mol. The molecule has 2 unspecified atom stereocenters. The van der Waals surface area contributed by atoms with Gasteiger partial charge in [-0.25, -0.2) is 0 Å². The van der Waals surface area contributed by atoms with E-state index in [1.807, 2.05) is 24.3 Å². The van der Waals surface area contributed by atoms with Crippen molar-refractivity contribution in [2.75, 3.05) is 13.7 Å². The van der Waals surface area contributed by atoms with Crippen molar-refractivity contribution in [1.29, 1.82) is 0 Å². The molecule has 1 saturated heterocycles. The summed E-state index contributed by atoms with van der Waals surface area (Å²) in [6, 6.07) is 7.42. The molecule has 2 rings (SSSR count). The van der Waals surface area contributed by atoms with E-state index in [9.17, 15) is 9.59 Å². The van der Waals surface area contributed by atoms with Crippen LogP contribution in [0.3, 0.4) is 0 Å². The summed E-state index contributed by atoms with van der Waals surface area (Å²) in [7, 11) is 1.37. The second-order valence-electron chi connectivity index (χ2n) is 6.61. The Labute approximate surface area is 125 Å². The van der Waals surface area contributed by atoms with E-state index in [0.717, 1.165) is 0 Å². The standard InChI is InChI=1S/C17H23NO3/c1-17(2,3)13-7-5-11(6-8-13)15(19)12-9-14(18-10-12)16(20)21-4/h5-8,12,14,18H,9-10H2,1-4H3. The Morgan fingerprint density at radius 2 is 1.81 bits per heavy atom. The highest BCUT2D eigenvalue weighted by atomic mass is 16.5. The molecule has 1 heterocycles. The number of rotatable bonds is 3. The molecule has 0 saturated carbocycles. The third-order valence-corrected chi connectivity index (χ3v) is 4.02. The fourth-order valence-electron chi connectivity index (χ4n) is 2.63. The monoisotopic (exact) mass is 289 g/mol. The van der Waals surface area contributed by atoms with Gasteiger partial charge in [-0.15, -0.1) is 0 Å². The summed E-state index contributed by atoms with van der Waals surface area (Å²) >= 11 is 0. The zero-order chi connectivity index (χ0) is 15.6. The maximum Gasteiger partial charge on any atom is 0.322 e. The number of carbonyl (C=O) groups excluding carboxylic acids is 2. The van der Waals surface area contributed by atoms with Crippen LogP contribution in [-0.4, -0.2) is 31.4 Å². The van der Waals surface area contributed by atoms with Gasteiger partial charge in [-0.2, -0.15) is 0 Å². The minimum atomic E-state index is -0.363. The molecule has 1 aromatic rings. The van der Waals surface area contributed by atoms with E-state index in [4.69, 9.17) is 4.74 Å². The summed E-state index contributed by atoms with van der Waals surface area (Å²) in [4.78, 5) is 24.0. The number of hydrogen-bond acceptors (Lipinski definition) is 4. The van der Waals surface area contributed by atoms with Crippen LogP contribution >= 0.6 is 0 Å². The molecule has 0 radical (unpaired) electrons. The van der Waals surface area contributed by atoms with Crippen LogP contribution in [0, 0.1) is 5.92 Å². The normalized spacial score (nSPS) is 22.1. The number of nitrogens with one attached hydrogen (secondary N) is 1. The van der Waals surface area contributed by atoms with Crippen LogP contribution in [0.1, 0.15) is 43.1 Å². The van der Waals surface area contributed by atoms with E-state index in [1.54, 1.807) is 0 Å². The van der Waals surface area contributed by atoms with Crippen molar-refractivity contribution in [2.45, 2.75) is 38.6 Å². The van der Waals surface area contributed by atoms with Crippen LogP contribution in [0.5, 0.6) is 0 Å². The van der Waals surface area contributed by atoms with E-state index in [1.165, 1.54) is 12.7 Å². The molecular formula is C17H23NO3. The van der Waals surface area contributed by atoms with Crippen molar-refractivity contribution in [2.24, 2.45) is 5.92 Å². The highest BCUT2D eigenvalue weighted by molar-refractivity contribution is 5.98. The Morgan fingerprint density at radius 3 is 2.33 bits per heavy atom. The molecule has 1 fully saturated rings. The molecule has 1 aliphatic rings. The summed E-state index contributed by atoms with van der Waals surface area (Å²) in [6.07, 6.45) is 0.506. The molecule has 0 spiro atoms. The fraction of sp³-hybridized carbons (Fsp3) is 0.529. The fourth-order valence-corrected chi connectivity index (χ4v) is 2.63. The summed E-state index contributed by atoms with van der Waals surface area (Å²) in [6.45, 7) is 6.96. The van der Waals surface area contributed by atoms with Crippen molar-refractivity contribution in [1.82, 2.24) is 5.32 Å². The molecule has 4 nitrogen and oxygen atoms in total. The van der Waals surface area contributed by atoms with Gasteiger partial charge in [0.2, 0.25) is 0 Å². The van der Waals surface area contributed by atoms with Gasteiger partial charge >= 0.3 is 5.97 Å². The minimum absolute atomic E-state index is 0.0759. The quantitative estimate of drug-likeness (QED) is 0.685. The van der Waals surface area contributed by atoms with Gasteiger partial charge < -0.3 is 10.1 Å². The van der Waals surface area contributed by atoms with E-state index >= 15 is 0 Å².